The molecule has 0 heterocycles. The molecule has 0 N–H and O–H groups in total. The summed E-state index contributed by atoms with van der Waals surface area (Å²) in [6, 6.07) is 68.8. The van der Waals surface area contributed by atoms with Crippen LogP contribution in [-0.2, 0) is 0 Å². The fraction of sp³-hybridized carbons (Fsp3) is 0.467. The summed E-state index contributed by atoms with van der Waals surface area (Å²) < 4.78 is 0. The van der Waals surface area contributed by atoms with E-state index in [1.165, 1.54) is 303 Å². The number of benzene rings is 8. The van der Waals surface area contributed by atoms with E-state index in [9.17, 15) is 0 Å². The fourth-order valence-electron chi connectivity index (χ4n) is 19.4. The Kier molecular flexibility index (Phi) is 18.9. The molecule has 0 aliphatic heterocycles. The molecule has 0 atom stereocenters. The van der Waals surface area contributed by atoms with Gasteiger partial charge in [-0.05, 0) is 260 Å². The lowest BCUT2D eigenvalue weighted by atomic mass is 9.75. The Morgan fingerprint density at radius 2 is 0.367 bits per heavy atom. The van der Waals surface area contributed by atoms with Crippen LogP contribution in [0.3, 0.4) is 0 Å². The average Bonchev–Trinajstić information content (AvgIpc) is 0.815. The van der Waals surface area contributed by atoms with Crippen molar-refractivity contribution >= 4 is 0 Å². The fourth-order valence-corrected chi connectivity index (χ4v) is 19.4. The predicted molar refractivity (Wildman–Crippen MR) is 385 cm³/mol. The van der Waals surface area contributed by atoms with Gasteiger partial charge in [-0.1, -0.05) is 286 Å². The first-order valence-electron chi connectivity index (χ1n) is 37.6. The zero-order chi connectivity index (χ0) is 60.0. The highest BCUT2D eigenvalue weighted by molar-refractivity contribution is 6.02. The third kappa shape index (κ3) is 13.1. The smallest absolute Gasteiger partial charge is 0.00926 e. The second kappa shape index (κ2) is 28.3. The molecule has 464 valence electrons. The minimum atomic E-state index is 0.606. The van der Waals surface area contributed by atoms with E-state index in [0.29, 0.717) is 41.4 Å². The van der Waals surface area contributed by atoms with Crippen LogP contribution in [-0.4, -0.2) is 0 Å². The summed E-state index contributed by atoms with van der Waals surface area (Å²) in [4.78, 5) is 0. The largest absolute Gasteiger partial charge is 0.0619 e. The van der Waals surface area contributed by atoms with Crippen molar-refractivity contribution in [1.82, 2.24) is 0 Å². The predicted octanol–water partition coefficient (Wildman–Crippen LogP) is 27.7. The Morgan fingerprint density at radius 3 is 0.667 bits per heavy atom. The van der Waals surface area contributed by atoms with Crippen molar-refractivity contribution < 1.29 is 0 Å². The molecule has 7 aliphatic rings. The SMILES string of the molecule is c1ccc(-c2cc(-c3cc(C4CCCCC4)cc(C4CCCCC4)c3)c(-c3ccccc3-c3ccccc3-c3ccccc3C3CCCCC3)cc2-c2cc(C3CCCCC3)cc(C3CCCCC3)c2)c(-c2cc(C3CCCCC3)cc(C3CCCCC3)c2)c1. The molecular formula is C90H104. The topological polar surface area (TPSA) is 0 Å². The molecule has 8 aromatic rings. The van der Waals surface area contributed by atoms with E-state index in [2.05, 4.69) is 164 Å². The molecule has 0 nitrogen and oxygen atoms in total. The van der Waals surface area contributed by atoms with Gasteiger partial charge in [0.05, 0.1) is 0 Å². The normalized spacial score (nSPS) is 20.1. The van der Waals surface area contributed by atoms with E-state index in [-0.39, 0.29) is 0 Å². The second-order valence-electron chi connectivity index (χ2n) is 30.2. The van der Waals surface area contributed by atoms with Crippen LogP contribution in [0, 0.1) is 0 Å². The molecule has 0 unspecified atom stereocenters. The van der Waals surface area contributed by atoms with Crippen LogP contribution in [0.5, 0.6) is 0 Å². The van der Waals surface area contributed by atoms with Gasteiger partial charge in [-0.3, -0.25) is 0 Å². The minimum absolute atomic E-state index is 0.606. The third-order valence-corrected chi connectivity index (χ3v) is 24.4. The van der Waals surface area contributed by atoms with Gasteiger partial charge in [0, 0.05) is 0 Å². The zero-order valence-electron chi connectivity index (χ0n) is 54.9. The summed E-state index contributed by atoms with van der Waals surface area (Å²) in [7, 11) is 0. The standard InChI is InChI=1S/C90H104/c1-8-30-63(31-9-1)70-52-71(64-32-10-2-11-33-64)56-76(55-70)80-45-23-25-47-82(80)89-61-88(78-59-74(67-38-16-5-17-39-67)54-75(60-78)68-40-18-6-19-41-68)90(62-87(89)77-57-72(65-34-12-3-13-35-65)53-73(58-77)66-36-14-4-15-37-66)86-51-29-28-50-85(86)84-49-27-26-48-83(84)81-46-24-22-44-79(81)69-42-20-7-21-43-69/h22-29,44-69H,1-21,30-43H2. The molecular weight excluding hydrogens is 1080 g/mol. The highest BCUT2D eigenvalue weighted by atomic mass is 14.3. The summed E-state index contributed by atoms with van der Waals surface area (Å²) in [6.45, 7) is 0. The molecule has 0 saturated heterocycles. The van der Waals surface area contributed by atoms with Gasteiger partial charge in [0.25, 0.3) is 0 Å². The zero-order valence-corrected chi connectivity index (χ0v) is 54.9. The molecule has 0 heteroatoms. The molecule has 0 bridgehead atoms. The van der Waals surface area contributed by atoms with E-state index < -0.39 is 0 Å². The van der Waals surface area contributed by atoms with Gasteiger partial charge in [-0.15, -0.1) is 0 Å². The van der Waals surface area contributed by atoms with Crippen LogP contribution in [0.2, 0.25) is 0 Å². The van der Waals surface area contributed by atoms with Gasteiger partial charge in [0.15, 0.2) is 0 Å². The Labute approximate surface area is 543 Å². The van der Waals surface area contributed by atoms with Gasteiger partial charge in [-0.25, -0.2) is 0 Å². The lowest BCUT2D eigenvalue weighted by Crippen LogP contribution is -2.09. The van der Waals surface area contributed by atoms with Gasteiger partial charge >= 0.3 is 0 Å². The second-order valence-corrected chi connectivity index (χ2v) is 30.2. The molecule has 15 rings (SSSR count). The molecule has 0 aromatic heterocycles. The van der Waals surface area contributed by atoms with Crippen molar-refractivity contribution in [2.24, 2.45) is 0 Å². The van der Waals surface area contributed by atoms with Crippen molar-refractivity contribution in [2.45, 2.75) is 266 Å². The first kappa shape index (κ1) is 60.0. The van der Waals surface area contributed by atoms with Crippen LogP contribution in [0.25, 0.3) is 77.9 Å². The van der Waals surface area contributed by atoms with Gasteiger partial charge in [-0.2, -0.15) is 0 Å². The summed E-state index contributed by atoms with van der Waals surface area (Å²) in [6.07, 6.45) is 46.9. The summed E-state index contributed by atoms with van der Waals surface area (Å²) >= 11 is 0. The first-order chi connectivity index (χ1) is 44.6. The van der Waals surface area contributed by atoms with Gasteiger partial charge < -0.3 is 0 Å². The van der Waals surface area contributed by atoms with E-state index in [0.717, 1.165) is 0 Å². The van der Waals surface area contributed by atoms with Gasteiger partial charge in [0.2, 0.25) is 0 Å². The first-order valence-corrected chi connectivity index (χ1v) is 37.6. The lowest BCUT2D eigenvalue weighted by Gasteiger charge is -2.29. The Balaban J connectivity index is 1.02. The molecule has 0 spiro atoms. The van der Waals surface area contributed by atoms with Crippen LogP contribution in [0.4, 0.5) is 0 Å². The highest BCUT2D eigenvalue weighted by Crippen LogP contribution is 2.53. The molecule has 7 aliphatic carbocycles. The molecule has 0 amide bonds. The van der Waals surface area contributed by atoms with E-state index in [1.807, 2.05) is 0 Å². The van der Waals surface area contributed by atoms with Crippen LogP contribution >= 0.6 is 0 Å². The van der Waals surface area contributed by atoms with Crippen molar-refractivity contribution in [2.75, 3.05) is 0 Å². The molecule has 0 radical (unpaired) electrons. The number of hydrogen-bond donors (Lipinski definition) is 0. The summed E-state index contributed by atoms with van der Waals surface area (Å²) in [5.74, 6) is 4.36. The molecule has 7 saturated carbocycles. The van der Waals surface area contributed by atoms with E-state index in [1.54, 1.807) is 38.9 Å². The van der Waals surface area contributed by atoms with Crippen molar-refractivity contribution in [3.63, 3.8) is 0 Å². The maximum Gasteiger partial charge on any atom is -0.00926 e. The van der Waals surface area contributed by atoms with Crippen LogP contribution in [0.15, 0.2) is 164 Å². The lowest BCUT2D eigenvalue weighted by molar-refractivity contribution is 0.435. The number of rotatable bonds is 14. The van der Waals surface area contributed by atoms with Crippen molar-refractivity contribution in [3.8, 4) is 77.9 Å². The van der Waals surface area contributed by atoms with E-state index in [4.69, 9.17) is 0 Å². The van der Waals surface area contributed by atoms with Crippen LogP contribution < -0.4 is 0 Å². The Morgan fingerprint density at radius 1 is 0.156 bits per heavy atom. The molecule has 7 fully saturated rings. The van der Waals surface area contributed by atoms with E-state index >= 15 is 0 Å². The van der Waals surface area contributed by atoms with Crippen LogP contribution in [0.1, 0.15) is 305 Å². The summed E-state index contributed by atoms with van der Waals surface area (Å²) in [5.41, 5.74) is 30.8. The molecule has 90 heavy (non-hydrogen) atoms. The Hall–Kier alpha value is -6.24. The highest BCUT2D eigenvalue weighted by Gasteiger charge is 2.30. The monoisotopic (exact) mass is 1180 g/mol. The maximum absolute atomic E-state index is 2.80. The van der Waals surface area contributed by atoms with Crippen molar-refractivity contribution in [3.05, 3.63) is 203 Å². The average molecular weight is 1190 g/mol. The maximum atomic E-state index is 2.80. The number of hydrogen-bond acceptors (Lipinski definition) is 0. The molecule has 8 aromatic carbocycles. The quantitative estimate of drug-likeness (QED) is 0.102. The summed E-state index contributed by atoms with van der Waals surface area (Å²) in [5, 5.41) is 0. The van der Waals surface area contributed by atoms with Gasteiger partial charge in [0.1, 0.15) is 0 Å². The third-order valence-electron chi connectivity index (χ3n) is 24.4. The minimum Gasteiger partial charge on any atom is -0.0619 e. The van der Waals surface area contributed by atoms with Crippen molar-refractivity contribution in [1.29, 1.82) is 0 Å². The Bertz CT molecular complexity index is 3600.